The summed E-state index contributed by atoms with van der Waals surface area (Å²) in [5.41, 5.74) is 0. The molecular weight excluding hydrogens is 517 g/mol. The van der Waals surface area contributed by atoms with Gasteiger partial charge in [0.25, 0.3) is 0 Å². The molecule has 1 heterocycles. The Morgan fingerprint density at radius 1 is 0.781 bits per heavy atom. The lowest BCUT2D eigenvalue weighted by molar-refractivity contribution is -0.896. The van der Waals surface area contributed by atoms with E-state index in [1.54, 1.807) is 0 Å². The van der Waals surface area contributed by atoms with Crippen molar-refractivity contribution in [1.29, 1.82) is 0 Å². The maximum atomic E-state index is 11.8. The van der Waals surface area contributed by atoms with E-state index < -0.39 is 12.1 Å². The van der Waals surface area contributed by atoms with Crippen molar-refractivity contribution in [3.05, 3.63) is 0 Å². The predicted octanol–water partition coefficient (Wildman–Crippen LogP) is 3.15. The number of likely N-dealkylation sites (tertiary alicyclic amines) is 1. The molecule has 1 saturated heterocycles. The van der Waals surface area contributed by atoms with E-state index in [0.29, 0.717) is 13.2 Å². The minimum atomic E-state index is -0.645. The number of alkyl carbamates (subject to hydrolysis) is 1. The van der Waals surface area contributed by atoms with Gasteiger partial charge < -0.3 is 38.5 Å². The first-order chi connectivity index (χ1) is 15.1. The van der Waals surface area contributed by atoms with Crippen LogP contribution in [-0.4, -0.2) is 56.4 Å². The molecule has 1 rings (SSSR count). The number of nitrogens with zero attached hydrogens (tertiary/aromatic N) is 1. The third-order valence-electron chi connectivity index (χ3n) is 6.53. The minimum Gasteiger partial charge on any atom is -1.00 e. The Kier molecular flexibility index (Phi) is 20.6. The van der Waals surface area contributed by atoms with Gasteiger partial charge in [-0.1, -0.05) is 90.4 Å². The molecule has 32 heavy (non-hydrogen) atoms. The molecule has 0 aromatic carbocycles. The Labute approximate surface area is 214 Å². The molecule has 1 fully saturated rings. The summed E-state index contributed by atoms with van der Waals surface area (Å²) in [5.74, 6) is 0. The van der Waals surface area contributed by atoms with E-state index in [-0.39, 0.29) is 24.0 Å². The van der Waals surface area contributed by atoms with Crippen molar-refractivity contribution < 1.29 is 42.8 Å². The van der Waals surface area contributed by atoms with Gasteiger partial charge in [-0.2, -0.15) is 0 Å². The van der Waals surface area contributed by atoms with Crippen LogP contribution in [0.2, 0.25) is 0 Å². The third-order valence-corrected chi connectivity index (χ3v) is 6.53. The van der Waals surface area contributed by atoms with Crippen molar-refractivity contribution in [3.63, 3.8) is 0 Å². The lowest BCUT2D eigenvalue weighted by Gasteiger charge is -2.29. The SMILES string of the molecule is CCCCCCCCCCCCCCCCOC(=O)NC(=O)NCC[N+]1(C)CCCC1.[I-]. The Morgan fingerprint density at radius 3 is 1.75 bits per heavy atom. The van der Waals surface area contributed by atoms with Crippen LogP contribution in [0.15, 0.2) is 0 Å². The molecule has 0 radical (unpaired) electrons. The van der Waals surface area contributed by atoms with Crippen molar-refractivity contribution in [3.8, 4) is 0 Å². The molecule has 0 saturated carbocycles. The predicted molar refractivity (Wildman–Crippen MR) is 128 cm³/mol. The topological polar surface area (TPSA) is 67.4 Å². The van der Waals surface area contributed by atoms with Gasteiger partial charge in [-0.3, -0.25) is 0 Å². The third kappa shape index (κ3) is 17.9. The second-order valence-corrected chi connectivity index (χ2v) is 9.61. The summed E-state index contributed by atoms with van der Waals surface area (Å²) in [6.45, 7) is 6.47. The number of rotatable bonds is 18. The summed E-state index contributed by atoms with van der Waals surface area (Å²) in [6.07, 6.45) is 20.1. The first-order valence-corrected chi connectivity index (χ1v) is 13.1. The number of hydrogen-bond acceptors (Lipinski definition) is 3. The number of nitrogens with one attached hydrogen (secondary N) is 2. The summed E-state index contributed by atoms with van der Waals surface area (Å²) >= 11 is 0. The summed E-state index contributed by atoms with van der Waals surface area (Å²) in [6, 6.07) is -0.461. The minimum absolute atomic E-state index is 0. The zero-order valence-corrected chi connectivity index (χ0v) is 23.1. The van der Waals surface area contributed by atoms with Gasteiger partial charge >= 0.3 is 12.1 Å². The van der Waals surface area contributed by atoms with Gasteiger partial charge in [0.2, 0.25) is 0 Å². The number of imide groups is 1. The van der Waals surface area contributed by atoms with Crippen LogP contribution in [0, 0.1) is 0 Å². The Morgan fingerprint density at radius 2 is 1.25 bits per heavy atom. The zero-order valence-electron chi connectivity index (χ0n) is 20.9. The van der Waals surface area contributed by atoms with Gasteiger partial charge in [0.05, 0.1) is 39.8 Å². The molecule has 0 bridgehead atoms. The molecule has 6 nitrogen and oxygen atoms in total. The summed E-state index contributed by atoms with van der Waals surface area (Å²) in [7, 11) is 2.22. The molecule has 0 aromatic rings. The molecule has 0 aromatic heterocycles. The molecule has 0 atom stereocenters. The normalized spacial score (nSPS) is 14.6. The van der Waals surface area contributed by atoms with Crippen molar-refractivity contribution >= 4 is 12.1 Å². The van der Waals surface area contributed by atoms with Gasteiger partial charge in [-0.15, -0.1) is 0 Å². The molecule has 0 unspecified atom stereocenters. The highest BCUT2D eigenvalue weighted by Crippen LogP contribution is 2.15. The van der Waals surface area contributed by atoms with Crippen LogP contribution < -0.4 is 34.6 Å². The summed E-state index contributed by atoms with van der Waals surface area (Å²) in [4.78, 5) is 23.4. The van der Waals surface area contributed by atoms with E-state index in [4.69, 9.17) is 4.74 Å². The van der Waals surface area contributed by atoms with E-state index >= 15 is 0 Å². The van der Waals surface area contributed by atoms with Gasteiger partial charge in [-0.05, 0) is 6.42 Å². The fourth-order valence-electron chi connectivity index (χ4n) is 4.40. The average Bonchev–Trinajstić information content (AvgIpc) is 3.17. The van der Waals surface area contributed by atoms with Gasteiger partial charge in [0.15, 0.2) is 0 Å². The first-order valence-electron chi connectivity index (χ1n) is 13.1. The van der Waals surface area contributed by atoms with Crippen LogP contribution in [0.25, 0.3) is 0 Å². The van der Waals surface area contributed by atoms with Gasteiger partial charge in [0.1, 0.15) is 0 Å². The van der Waals surface area contributed by atoms with Crippen molar-refractivity contribution in [2.24, 2.45) is 0 Å². The number of unbranched alkanes of at least 4 members (excludes halogenated alkanes) is 13. The highest BCUT2D eigenvalue weighted by atomic mass is 127. The standard InChI is InChI=1S/C25H49N3O3.HI/c1-3-4-5-6-7-8-9-10-11-12-13-14-15-18-23-31-25(30)27-24(29)26-19-22-28(2)20-16-17-21-28;/h3-23H2,1-2H3,(H-,26,27,29,30);1H. The number of halogens is 1. The second-order valence-electron chi connectivity index (χ2n) is 9.61. The number of amides is 3. The number of ether oxygens (including phenoxy) is 1. The lowest BCUT2D eigenvalue weighted by atomic mass is 10.0. The molecule has 190 valence electrons. The van der Waals surface area contributed by atoms with E-state index in [0.717, 1.165) is 23.9 Å². The smallest absolute Gasteiger partial charge is 0.415 e. The van der Waals surface area contributed by atoms with Crippen LogP contribution in [0.4, 0.5) is 9.59 Å². The average molecular weight is 568 g/mol. The highest BCUT2D eigenvalue weighted by Gasteiger charge is 2.26. The number of urea groups is 1. The van der Waals surface area contributed by atoms with Crippen molar-refractivity contribution in [2.45, 2.75) is 110 Å². The Bertz CT molecular complexity index is 471. The summed E-state index contributed by atoms with van der Waals surface area (Å²) in [5, 5.41) is 5.00. The molecule has 2 N–H and O–H groups in total. The van der Waals surface area contributed by atoms with Gasteiger partial charge in [0, 0.05) is 12.8 Å². The molecule has 7 heteroatoms. The number of carbonyl (C=O) groups is 2. The number of carbonyl (C=O) groups excluding carboxylic acids is 2. The molecular formula is C25H50IN3O3. The second kappa shape index (κ2) is 21.0. The fourth-order valence-corrected chi connectivity index (χ4v) is 4.40. The molecule has 0 aliphatic carbocycles. The Hall–Kier alpha value is -0.570. The van der Waals surface area contributed by atoms with Crippen molar-refractivity contribution in [2.75, 3.05) is 39.8 Å². The maximum absolute atomic E-state index is 11.8. The molecule has 1 aliphatic heterocycles. The number of quaternary nitrogens is 1. The van der Waals surface area contributed by atoms with Crippen LogP contribution in [0.5, 0.6) is 0 Å². The fraction of sp³-hybridized carbons (Fsp3) is 0.920. The largest absolute Gasteiger partial charge is 1.00 e. The number of likely N-dealkylation sites (N-methyl/N-ethyl adjacent to an activating group) is 1. The van der Waals surface area contributed by atoms with Crippen LogP contribution >= 0.6 is 0 Å². The van der Waals surface area contributed by atoms with E-state index in [1.165, 1.54) is 103 Å². The van der Waals surface area contributed by atoms with Crippen LogP contribution in [0.3, 0.4) is 0 Å². The summed E-state index contributed by atoms with van der Waals surface area (Å²) < 4.78 is 6.11. The van der Waals surface area contributed by atoms with Gasteiger partial charge in [-0.25, -0.2) is 14.9 Å². The van der Waals surface area contributed by atoms with Crippen LogP contribution in [0.1, 0.15) is 110 Å². The van der Waals surface area contributed by atoms with E-state index in [2.05, 4.69) is 24.6 Å². The highest BCUT2D eigenvalue weighted by molar-refractivity contribution is 5.90. The lowest BCUT2D eigenvalue weighted by Crippen LogP contribution is -3.00. The zero-order chi connectivity index (χ0) is 22.6. The first kappa shape index (κ1) is 31.4. The molecule has 0 spiro atoms. The molecule has 3 amide bonds. The quantitative estimate of drug-likeness (QED) is 0.152. The van der Waals surface area contributed by atoms with Crippen LogP contribution in [-0.2, 0) is 4.74 Å². The Balaban J connectivity index is 0.00000961. The number of hydrogen-bond donors (Lipinski definition) is 2. The molecule has 1 aliphatic rings. The van der Waals surface area contributed by atoms with E-state index in [9.17, 15) is 9.59 Å². The van der Waals surface area contributed by atoms with Crippen molar-refractivity contribution in [1.82, 2.24) is 10.6 Å². The monoisotopic (exact) mass is 567 g/mol. The van der Waals surface area contributed by atoms with E-state index in [1.807, 2.05) is 0 Å². The maximum Gasteiger partial charge on any atom is 0.415 e.